The van der Waals surface area contributed by atoms with E-state index in [1.54, 1.807) is 0 Å². The maximum atomic E-state index is 11.1. The van der Waals surface area contributed by atoms with Gasteiger partial charge in [-0.25, -0.2) is 0 Å². The molecule has 2 aliphatic rings. The molecule has 2 aliphatic heterocycles. The monoisotopic (exact) mass is 153 g/mol. The van der Waals surface area contributed by atoms with Gasteiger partial charge in [0.2, 0.25) is 0 Å². The molecule has 1 unspecified atom stereocenters. The highest BCUT2D eigenvalue weighted by atomic mass is 16.1. The zero-order valence-electron chi connectivity index (χ0n) is 6.55. The van der Waals surface area contributed by atoms with E-state index in [0.717, 1.165) is 13.0 Å². The lowest BCUT2D eigenvalue weighted by atomic mass is 9.99. The first kappa shape index (κ1) is 7.25. The Morgan fingerprint density at radius 1 is 1.45 bits per heavy atom. The van der Waals surface area contributed by atoms with E-state index in [4.69, 9.17) is 5.73 Å². The topological polar surface area (TPSA) is 46.3 Å². The van der Waals surface area contributed by atoms with E-state index in [-0.39, 0.29) is 11.8 Å². The molecule has 1 radical (unpaired) electrons. The van der Waals surface area contributed by atoms with Gasteiger partial charge >= 0.3 is 0 Å². The number of piperidine rings is 1. The van der Waals surface area contributed by atoms with Gasteiger partial charge < -0.3 is 5.73 Å². The molecule has 0 aromatic heterocycles. The molecule has 3 nitrogen and oxygen atoms in total. The van der Waals surface area contributed by atoms with Crippen LogP contribution in [0.2, 0.25) is 0 Å². The summed E-state index contributed by atoms with van der Waals surface area (Å²) in [5, 5.41) is 0. The van der Waals surface area contributed by atoms with E-state index < -0.39 is 0 Å². The lowest BCUT2D eigenvalue weighted by molar-refractivity contribution is -0.115. The molecule has 61 valence electrons. The van der Waals surface area contributed by atoms with Crippen molar-refractivity contribution >= 4 is 5.78 Å². The largest absolute Gasteiger partial charge is 0.316 e. The molecule has 0 aromatic carbocycles. The second-order valence-electron chi connectivity index (χ2n) is 3.36. The average Bonchev–Trinajstić information content (AvgIpc) is 2.30. The Balaban J connectivity index is 2.11. The van der Waals surface area contributed by atoms with Crippen LogP contribution in [-0.2, 0) is 4.79 Å². The number of carbonyl (C=O) groups is 1. The van der Waals surface area contributed by atoms with Crippen molar-refractivity contribution < 1.29 is 4.79 Å². The van der Waals surface area contributed by atoms with Gasteiger partial charge in [0.1, 0.15) is 6.04 Å². The smallest absolute Gasteiger partial charge is 0.170 e. The van der Waals surface area contributed by atoms with Gasteiger partial charge in [-0.1, -0.05) is 6.42 Å². The van der Waals surface area contributed by atoms with Gasteiger partial charge in [-0.2, -0.15) is 0 Å². The number of carbonyl (C=O) groups excluding carboxylic acids is 1. The van der Waals surface area contributed by atoms with Crippen molar-refractivity contribution in [3.63, 3.8) is 0 Å². The van der Waals surface area contributed by atoms with Crippen LogP contribution < -0.4 is 5.73 Å². The molecular weight excluding hydrogens is 140 g/mol. The third-order valence-corrected chi connectivity index (χ3v) is 2.64. The van der Waals surface area contributed by atoms with Gasteiger partial charge in [0, 0.05) is 6.04 Å². The van der Waals surface area contributed by atoms with Crippen molar-refractivity contribution in [1.29, 1.82) is 0 Å². The van der Waals surface area contributed by atoms with Gasteiger partial charge in [0.25, 0.3) is 0 Å². The predicted octanol–water partition coefficient (Wildman–Crippen LogP) is -0.0857. The van der Waals surface area contributed by atoms with E-state index in [9.17, 15) is 4.79 Å². The molecule has 0 spiro atoms. The van der Waals surface area contributed by atoms with E-state index in [2.05, 4.69) is 4.90 Å². The minimum Gasteiger partial charge on any atom is -0.316 e. The van der Waals surface area contributed by atoms with Crippen LogP contribution >= 0.6 is 0 Å². The summed E-state index contributed by atoms with van der Waals surface area (Å²) in [5.74, 6) is 0.150. The standard InChI is InChI=1S/C8H13N2O/c9-8-6-3-1-2-4-10(6)5-7(8)11/h6H,1-5,9H2. The first-order valence-electron chi connectivity index (χ1n) is 4.18. The van der Waals surface area contributed by atoms with Gasteiger partial charge in [0.05, 0.1) is 6.54 Å². The first-order chi connectivity index (χ1) is 5.29. The summed E-state index contributed by atoms with van der Waals surface area (Å²) < 4.78 is 0. The molecular formula is C8H13N2O. The van der Waals surface area contributed by atoms with Crippen molar-refractivity contribution in [3.05, 3.63) is 6.04 Å². The summed E-state index contributed by atoms with van der Waals surface area (Å²) in [7, 11) is 0. The fourth-order valence-electron chi connectivity index (χ4n) is 1.99. The molecule has 0 saturated carbocycles. The number of nitrogens with zero attached hydrogens (tertiary/aromatic N) is 1. The predicted molar refractivity (Wildman–Crippen MR) is 41.6 cm³/mol. The highest BCUT2D eigenvalue weighted by Crippen LogP contribution is 2.27. The van der Waals surface area contributed by atoms with E-state index in [0.29, 0.717) is 12.6 Å². The highest BCUT2D eigenvalue weighted by molar-refractivity contribution is 5.96. The maximum Gasteiger partial charge on any atom is 0.170 e. The van der Waals surface area contributed by atoms with E-state index in [1.165, 1.54) is 12.8 Å². The van der Waals surface area contributed by atoms with Crippen LogP contribution in [0.15, 0.2) is 0 Å². The second kappa shape index (κ2) is 2.57. The normalized spacial score (nSPS) is 34.3. The quantitative estimate of drug-likeness (QED) is 0.529. The Morgan fingerprint density at radius 3 is 3.00 bits per heavy atom. The molecule has 0 aliphatic carbocycles. The number of nitrogens with two attached hydrogens (primary N) is 1. The molecule has 2 N–H and O–H groups in total. The number of fused-ring (bicyclic) bond motifs is 1. The summed E-state index contributed by atoms with van der Waals surface area (Å²) in [6, 6.07) is 0.890. The molecule has 0 amide bonds. The molecule has 2 saturated heterocycles. The second-order valence-corrected chi connectivity index (χ2v) is 3.36. The van der Waals surface area contributed by atoms with Crippen LogP contribution in [-0.4, -0.2) is 29.8 Å². The third-order valence-electron chi connectivity index (χ3n) is 2.64. The van der Waals surface area contributed by atoms with Crippen molar-refractivity contribution in [2.24, 2.45) is 5.73 Å². The zero-order valence-corrected chi connectivity index (χ0v) is 6.55. The van der Waals surface area contributed by atoms with Gasteiger partial charge in [-0.05, 0) is 19.4 Å². The molecule has 2 rings (SSSR count). The van der Waals surface area contributed by atoms with Crippen LogP contribution in [0.1, 0.15) is 19.3 Å². The summed E-state index contributed by atoms with van der Waals surface area (Å²) in [6.07, 6.45) is 3.52. The third kappa shape index (κ3) is 1.08. The lowest BCUT2D eigenvalue weighted by Gasteiger charge is -2.29. The summed E-state index contributed by atoms with van der Waals surface area (Å²) >= 11 is 0. The number of rotatable bonds is 0. The average molecular weight is 153 g/mol. The Morgan fingerprint density at radius 2 is 2.27 bits per heavy atom. The van der Waals surface area contributed by atoms with Crippen LogP contribution in [0.25, 0.3) is 0 Å². The fraction of sp³-hybridized carbons (Fsp3) is 0.750. The SMILES string of the molecule is N[C]1C(=O)CN2CCCCC12. The molecule has 0 aromatic rings. The highest BCUT2D eigenvalue weighted by Gasteiger charge is 2.39. The summed E-state index contributed by atoms with van der Waals surface area (Å²) in [6.45, 7) is 1.62. The van der Waals surface area contributed by atoms with Gasteiger partial charge in [-0.3, -0.25) is 9.69 Å². The van der Waals surface area contributed by atoms with Crippen molar-refractivity contribution in [1.82, 2.24) is 4.90 Å². The van der Waals surface area contributed by atoms with Crippen LogP contribution in [0.4, 0.5) is 0 Å². The summed E-state index contributed by atoms with van der Waals surface area (Å²) in [5.41, 5.74) is 5.66. The molecule has 2 fully saturated rings. The molecule has 11 heavy (non-hydrogen) atoms. The minimum atomic E-state index is 0.150. The van der Waals surface area contributed by atoms with E-state index in [1.807, 2.05) is 0 Å². The minimum absolute atomic E-state index is 0.150. The van der Waals surface area contributed by atoms with E-state index >= 15 is 0 Å². The van der Waals surface area contributed by atoms with Crippen molar-refractivity contribution in [2.75, 3.05) is 13.1 Å². The van der Waals surface area contributed by atoms with Crippen LogP contribution in [0.3, 0.4) is 0 Å². The van der Waals surface area contributed by atoms with Gasteiger partial charge in [-0.15, -0.1) is 0 Å². The Labute approximate surface area is 66.5 Å². The Bertz CT molecular complexity index is 181. The summed E-state index contributed by atoms with van der Waals surface area (Å²) in [4.78, 5) is 13.3. The molecule has 0 bridgehead atoms. The number of hydrogen-bond acceptors (Lipinski definition) is 3. The zero-order chi connectivity index (χ0) is 7.84. The lowest BCUT2D eigenvalue weighted by Crippen LogP contribution is -2.38. The molecule has 2 heterocycles. The van der Waals surface area contributed by atoms with Crippen molar-refractivity contribution in [2.45, 2.75) is 25.3 Å². The first-order valence-corrected chi connectivity index (χ1v) is 4.18. The maximum absolute atomic E-state index is 11.1. The number of hydrogen-bond donors (Lipinski definition) is 1. The number of Topliss-reactive ketones (excluding diaryl/α,β-unsaturated/α-hetero) is 1. The fourth-order valence-corrected chi connectivity index (χ4v) is 1.99. The molecule has 1 atom stereocenters. The Kier molecular flexibility index (Phi) is 1.69. The number of ketones is 1. The van der Waals surface area contributed by atoms with Gasteiger partial charge in [0.15, 0.2) is 5.78 Å². The van der Waals surface area contributed by atoms with Crippen LogP contribution in [0.5, 0.6) is 0 Å². The molecule has 3 heteroatoms. The van der Waals surface area contributed by atoms with Crippen molar-refractivity contribution in [3.8, 4) is 0 Å². The Hall–Kier alpha value is -0.410. The van der Waals surface area contributed by atoms with Crippen LogP contribution in [0, 0.1) is 6.04 Å².